The highest BCUT2D eigenvalue weighted by molar-refractivity contribution is 6.31. The molecule has 1 fully saturated rings. The van der Waals surface area contributed by atoms with Crippen LogP contribution in [0, 0.1) is 17.1 Å². The SMILES string of the molecule is N#CC1(NC(=O)c2cccc(Cl)c2F)CCCCC1. The van der Waals surface area contributed by atoms with Crippen LogP contribution in [-0.4, -0.2) is 11.4 Å². The average molecular weight is 281 g/mol. The Hall–Kier alpha value is -1.60. The summed E-state index contributed by atoms with van der Waals surface area (Å²) in [5.74, 6) is -1.32. The minimum Gasteiger partial charge on any atom is -0.334 e. The third-order valence-electron chi connectivity index (χ3n) is 3.47. The summed E-state index contributed by atoms with van der Waals surface area (Å²) in [5, 5.41) is 11.8. The van der Waals surface area contributed by atoms with Gasteiger partial charge in [0.15, 0.2) is 5.82 Å². The van der Waals surface area contributed by atoms with Crippen LogP contribution in [0.25, 0.3) is 0 Å². The van der Waals surface area contributed by atoms with E-state index < -0.39 is 17.3 Å². The van der Waals surface area contributed by atoms with Crippen molar-refractivity contribution in [2.45, 2.75) is 37.6 Å². The van der Waals surface area contributed by atoms with Crippen molar-refractivity contribution in [3.05, 3.63) is 34.6 Å². The molecule has 1 amide bonds. The molecule has 1 aromatic rings. The summed E-state index contributed by atoms with van der Waals surface area (Å²) in [6, 6.07) is 6.43. The van der Waals surface area contributed by atoms with E-state index in [0.717, 1.165) is 19.3 Å². The Kier molecular flexibility index (Phi) is 4.06. The van der Waals surface area contributed by atoms with Gasteiger partial charge in [0.25, 0.3) is 5.91 Å². The van der Waals surface area contributed by atoms with Crippen LogP contribution in [0.5, 0.6) is 0 Å². The topological polar surface area (TPSA) is 52.9 Å². The van der Waals surface area contributed by atoms with Gasteiger partial charge in [0, 0.05) is 0 Å². The quantitative estimate of drug-likeness (QED) is 0.902. The molecule has 0 unspecified atom stereocenters. The van der Waals surface area contributed by atoms with E-state index in [-0.39, 0.29) is 10.6 Å². The van der Waals surface area contributed by atoms with Crippen molar-refractivity contribution in [2.75, 3.05) is 0 Å². The molecular weight excluding hydrogens is 267 g/mol. The number of hydrogen-bond acceptors (Lipinski definition) is 2. The Morgan fingerprint density at radius 1 is 1.37 bits per heavy atom. The number of carbonyl (C=O) groups excluding carboxylic acids is 1. The minimum absolute atomic E-state index is 0.0951. The lowest BCUT2D eigenvalue weighted by atomic mass is 9.82. The molecule has 0 saturated heterocycles. The number of hydrogen-bond donors (Lipinski definition) is 1. The van der Waals surface area contributed by atoms with E-state index in [1.165, 1.54) is 18.2 Å². The first-order valence-electron chi connectivity index (χ1n) is 6.26. The van der Waals surface area contributed by atoms with Crippen molar-refractivity contribution in [3.63, 3.8) is 0 Å². The molecule has 1 aliphatic carbocycles. The second-order valence-corrected chi connectivity index (χ2v) is 5.22. The van der Waals surface area contributed by atoms with Gasteiger partial charge >= 0.3 is 0 Å². The van der Waals surface area contributed by atoms with Crippen molar-refractivity contribution in [2.24, 2.45) is 0 Å². The molecule has 0 heterocycles. The van der Waals surface area contributed by atoms with Gasteiger partial charge in [0.1, 0.15) is 5.54 Å². The van der Waals surface area contributed by atoms with E-state index in [9.17, 15) is 14.4 Å². The normalized spacial score (nSPS) is 17.5. The average Bonchev–Trinajstić information content (AvgIpc) is 2.42. The molecule has 0 aromatic heterocycles. The van der Waals surface area contributed by atoms with Gasteiger partial charge in [-0.25, -0.2) is 4.39 Å². The maximum atomic E-state index is 13.8. The standard InChI is InChI=1S/C14H14ClFN2O/c15-11-6-4-5-10(12(11)16)13(19)18-14(9-17)7-2-1-3-8-14/h4-6H,1-3,7-8H2,(H,18,19). The third kappa shape index (κ3) is 2.87. The van der Waals surface area contributed by atoms with Gasteiger partial charge in [-0.1, -0.05) is 36.9 Å². The Labute approximate surface area is 116 Å². The maximum Gasteiger partial charge on any atom is 0.255 e. The number of halogens is 2. The molecule has 0 aliphatic heterocycles. The molecule has 100 valence electrons. The van der Waals surface area contributed by atoms with Gasteiger partial charge in [-0.05, 0) is 25.0 Å². The smallest absolute Gasteiger partial charge is 0.255 e. The summed E-state index contributed by atoms with van der Waals surface area (Å²) in [7, 11) is 0. The lowest BCUT2D eigenvalue weighted by molar-refractivity contribution is 0.0898. The maximum absolute atomic E-state index is 13.8. The fourth-order valence-electron chi connectivity index (χ4n) is 2.38. The summed E-state index contributed by atoms with van der Waals surface area (Å²) < 4.78 is 13.8. The lowest BCUT2D eigenvalue weighted by Crippen LogP contribution is -2.48. The Balaban J connectivity index is 2.21. The minimum atomic E-state index is -0.871. The molecule has 1 saturated carbocycles. The largest absolute Gasteiger partial charge is 0.334 e. The number of nitrogens with one attached hydrogen (secondary N) is 1. The van der Waals surface area contributed by atoms with E-state index in [4.69, 9.17) is 11.6 Å². The Bertz CT molecular complexity index is 533. The van der Waals surface area contributed by atoms with Gasteiger partial charge in [0.05, 0.1) is 16.7 Å². The molecular formula is C14H14ClFN2O. The van der Waals surface area contributed by atoms with Crippen molar-refractivity contribution >= 4 is 17.5 Å². The van der Waals surface area contributed by atoms with Gasteiger partial charge in [-0.3, -0.25) is 4.79 Å². The highest BCUT2D eigenvalue weighted by atomic mass is 35.5. The summed E-state index contributed by atoms with van der Waals surface area (Å²) in [6.45, 7) is 0. The van der Waals surface area contributed by atoms with Crippen LogP contribution in [0.3, 0.4) is 0 Å². The van der Waals surface area contributed by atoms with E-state index in [1.807, 2.05) is 0 Å². The molecule has 2 rings (SSSR count). The molecule has 1 aromatic carbocycles. The van der Waals surface area contributed by atoms with Crippen LogP contribution >= 0.6 is 11.6 Å². The number of benzene rings is 1. The van der Waals surface area contributed by atoms with Gasteiger partial charge in [-0.2, -0.15) is 5.26 Å². The fraction of sp³-hybridized carbons (Fsp3) is 0.429. The van der Waals surface area contributed by atoms with Crippen LogP contribution in [0.15, 0.2) is 18.2 Å². The van der Waals surface area contributed by atoms with Crippen molar-refractivity contribution in [1.82, 2.24) is 5.32 Å². The van der Waals surface area contributed by atoms with Crippen molar-refractivity contribution < 1.29 is 9.18 Å². The molecule has 3 nitrogen and oxygen atoms in total. The summed E-state index contributed by atoms with van der Waals surface area (Å²) in [5.41, 5.74) is -0.989. The molecule has 5 heteroatoms. The molecule has 0 bridgehead atoms. The monoisotopic (exact) mass is 280 g/mol. The van der Waals surface area contributed by atoms with Crippen molar-refractivity contribution in [3.8, 4) is 6.07 Å². The zero-order valence-electron chi connectivity index (χ0n) is 10.4. The molecule has 0 radical (unpaired) electrons. The molecule has 1 N–H and O–H groups in total. The first kappa shape index (κ1) is 13.8. The second kappa shape index (κ2) is 5.58. The first-order valence-corrected chi connectivity index (χ1v) is 6.63. The van der Waals surface area contributed by atoms with Crippen LogP contribution in [0.1, 0.15) is 42.5 Å². The lowest BCUT2D eigenvalue weighted by Gasteiger charge is -2.31. The number of rotatable bonds is 2. The van der Waals surface area contributed by atoms with Gasteiger partial charge in [0.2, 0.25) is 0 Å². The first-order chi connectivity index (χ1) is 9.08. The highest BCUT2D eigenvalue weighted by Crippen LogP contribution is 2.28. The fourth-order valence-corrected chi connectivity index (χ4v) is 2.56. The Morgan fingerprint density at radius 2 is 2.05 bits per heavy atom. The zero-order valence-corrected chi connectivity index (χ0v) is 11.1. The molecule has 1 aliphatic rings. The van der Waals surface area contributed by atoms with Crippen molar-refractivity contribution in [1.29, 1.82) is 5.26 Å². The molecule has 0 spiro atoms. The van der Waals surface area contributed by atoms with E-state index in [0.29, 0.717) is 12.8 Å². The van der Waals surface area contributed by atoms with Gasteiger partial charge in [-0.15, -0.1) is 0 Å². The number of carbonyl (C=O) groups is 1. The van der Waals surface area contributed by atoms with Crippen LogP contribution in [-0.2, 0) is 0 Å². The zero-order chi connectivity index (χ0) is 13.9. The van der Waals surface area contributed by atoms with Gasteiger partial charge < -0.3 is 5.32 Å². The number of nitriles is 1. The molecule has 0 atom stereocenters. The van der Waals surface area contributed by atoms with E-state index in [2.05, 4.69) is 11.4 Å². The second-order valence-electron chi connectivity index (χ2n) is 4.81. The number of nitrogens with zero attached hydrogens (tertiary/aromatic N) is 1. The number of amides is 1. The highest BCUT2D eigenvalue weighted by Gasteiger charge is 2.34. The predicted octanol–water partition coefficient (Wildman–Crippen LogP) is 3.44. The molecule has 19 heavy (non-hydrogen) atoms. The van der Waals surface area contributed by atoms with E-state index in [1.54, 1.807) is 0 Å². The summed E-state index contributed by atoms with van der Waals surface area (Å²) in [6.07, 6.45) is 4.07. The Morgan fingerprint density at radius 3 is 2.68 bits per heavy atom. The van der Waals surface area contributed by atoms with Crippen LogP contribution in [0.4, 0.5) is 4.39 Å². The van der Waals surface area contributed by atoms with Crippen LogP contribution < -0.4 is 5.32 Å². The summed E-state index contributed by atoms with van der Waals surface area (Å²) >= 11 is 5.65. The third-order valence-corrected chi connectivity index (χ3v) is 3.76. The predicted molar refractivity (Wildman–Crippen MR) is 70.3 cm³/mol. The summed E-state index contributed by atoms with van der Waals surface area (Å²) in [4.78, 5) is 12.1. The van der Waals surface area contributed by atoms with E-state index >= 15 is 0 Å². The van der Waals surface area contributed by atoms with Crippen LogP contribution in [0.2, 0.25) is 5.02 Å².